The zero-order chi connectivity index (χ0) is 16.9. The minimum Gasteiger partial charge on any atom is -0.340 e. The van der Waals surface area contributed by atoms with Crippen molar-refractivity contribution < 1.29 is 9.59 Å². The number of hydrogen-bond acceptors (Lipinski definition) is 2. The van der Waals surface area contributed by atoms with Gasteiger partial charge in [0.1, 0.15) is 0 Å². The summed E-state index contributed by atoms with van der Waals surface area (Å²) in [7, 11) is 0. The minimum atomic E-state index is -0.136. The Morgan fingerprint density at radius 3 is 2.45 bits per heavy atom. The summed E-state index contributed by atoms with van der Waals surface area (Å²) in [5.41, 5.74) is 2.64. The summed E-state index contributed by atoms with van der Waals surface area (Å²) in [6.07, 6.45) is 1.12. The van der Waals surface area contributed by atoms with E-state index in [-0.39, 0.29) is 24.3 Å². The van der Waals surface area contributed by atoms with Crippen molar-refractivity contribution in [3.63, 3.8) is 0 Å². The highest BCUT2D eigenvalue weighted by Crippen LogP contribution is 2.27. The second kappa shape index (κ2) is 8.18. The molecule has 0 fully saturated rings. The molecule has 0 aliphatic heterocycles. The molecule has 0 aromatic heterocycles. The fourth-order valence-electron chi connectivity index (χ4n) is 2.41. The molecular weight excluding hydrogens is 300 g/mol. The standard InChI is InChI=1S/C17H25ClN2O2/c1-6-13(4)20(14(5)21)8-7-16(22)19-17-12(3)9-11(2)10-15(17)18/h9-10,13H,6-8H2,1-5H3,(H,19,22). The van der Waals surface area contributed by atoms with E-state index in [2.05, 4.69) is 5.32 Å². The lowest BCUT2D eigenvalue weighted by Gasteiger charge is -2.27. The monoisotopic (exact) mass is 324 g/mol. The van der Waals surface area contributed by atoms with Crippen LogP contribution in [0.15, 0.2) is 12.1 Å². The third kappa shape index (κ3) is 5.02. The van der Waals surface area contributed by atoms with Crippen LogP contribution in [0.25, 0.3) is 0 Å². The molecule has 0 saturated carbocycles. The van der Waals surface area contributed by atoms with Crippen LogP contribution < -0.4 is 5.32 Å². The fourth-order valence-corrected chi connectivity index (χ4v) is 2.77. The van der Waals surface area contributed by atoms with Crippen LogP contribution in [0.2, 0.25) is 5.02 Å². The van der Waals surface area contributed by atoms with Crippen LogP contribution in [0.1, 0.15) is 44.7 Å². The summed E-state index contributed by atoms with van der Waals surface area (Å²) in [5.74, 6) is -0.143. The highest BCUT2D eigenvalue weighted by atomic mass is 35.5. The Hall–Kier alpha value is -1.55. The Bertz CT molecular complexity index is 535. The Morgan fingerprint density at radius 2 is 1.95 bits per heavy atom. The molecule has 0 bridgehead atoms. The highest BCUT2D eigenvalue weighted by Gasteiger charge is 2.17. The van der Waals surface area contributed by atoms with E-state index in [0.29, 0.717) is 17.3 Å². The molecule has 5 heteroatoms. The molecule has 1 aromatic carbocycles. The Kier molecular flexibility index (Phi) is 6.88. The van der Waals surface area contributed by atoms with Crippen molar-refractivity contribution in [1.82, 2.24) is 4.90 Å². The van der Waals surface area contributed by atoms with E-state index in [1.807, 2.05) is 39.8 Å². The van der Waals surface area contributed by atoms with Crippen LogP contribution in [0, 0.1) is 13.8 Å². The first kappa shape index (κ1) is 18.5. The minimum absolute atomic E-state index is 0.00769. The normalized spacial score (nSPS) is 11.9. The zero-order valence-corrected chi connectivity index (χ0v) is 14.8. The molecule has 1 aromatic rings. The molecule has 1 rings (SSSR count). The molecule has 0 radical (unpaired) electrons. The molecule has 0 aliphatic carbocycles. The van der Waals surface area contributed by atoms with Gasteiger partial charge in [-0.05, 0) is 44.4 Å². The van der Waals surface area contributed by atoms with Gasteiger partial charge >= 0.3 is 0 Å². The van der Waals surface area contributed by atoms with Gasteiger partial charge in [0.25, 0.3) is 0 Å². The van der Waals surface area contributed by atoms with Crippen molar-refractivity contribution in [3.8, 4) is 0 Å². The number of hydrogen-bond donors (Lipinski definition) is 1. The number of amides is 2. The summed E-state index contributed by atoms with van der Waals surface area (Å²) >= 11 is 6.19. The van der Waals surface area contributed by atoms with Crippen LogP contribution in [0.5, 0.6) is 0 Å². The molecule has 1 atom stereocenters. The molecule has 2 amide bonds. The number of carbonyl (C=O) groups excluding carboxylic acids is 2. The number of rotatable bonds is 6. The van der Waals surface area contributed by atoms with Gasteiger partial charge in [-0.1, -0.05) is 24.6 Å². The number of nitrogens with one attached hydrogen (secondary N) is 1. The average Bonchev–Trinajstić information content (AvgIpc) is 2.42. The molecule has 4 nitrogen and oxygen atoms in total. The molecule has 0 saturated heterocycles. The maximum absolute atomic E-state index is 12.1. The average molecular weight is 325 g/mol. The fraction of sp³-hybridized carbons (Fsp3) is 0.529. The van der Waals surface area contributed by atoms with Crippen molar-refractivity contribution in [2.45, 2.75) is 53.5 Å². The van der Waals surface area contributed by atoms with Crippen LogP contribution in [0.4, 0.5) is 5.69 Å². The lowest BCUT2D eigenvalue weighted by Crippen LogP contribution is -2.38. The van der Waals surface area contributed by atoms with Crippen LogP contribution in [-0.2, 0) is 9.59 Å². The van der Waals surface area contributed by atoms with Gasteiger partial charge in [0.15, 0.2) is 0 Å². The SMILES string of the molecule is CCC(C)N(CCC(=O)Nc1c(C)cc(C)cc1Cl)C(C)=O. The number of anilines is 1. The van der Waals surface area contributed by atoms with Gasteiger partial charge in [0.05, 0.1) is 10.7 Å². The molecule has 0 heterocycles. The molecule has 0 aliphatic rings. The molecule has 1 N–H and O–H groups in total. The Morgan fingerprint density at radius 1 is 1.32 bits per heavy atom. The van der Waals surface area contributed by atoms with Gasteiger partial charge in [-0.25, -0.2) is 0 Å². The third-order valence-electron chi connectivity index (χ3n) is 3.80. The first-order chi connectivity index (χ1) is 10.3. The number of halogens is 1. The van der Waals surface area contributed by atoms with Gasteiger partial charge in [0.2, 0.25) is 11.8 Å². The van der Waals surface area contributed by atoms with E-state index < -0.39 is 0 Å². The van der Waals surface area contributed by atoms with Crippen LogP contribution in [-0.4, -0.2) is 29.3 Å². The highest BCUT2D eigenvalue weighted by molar-refractivity contribution is 6.34. The lowest BCUT2D eigenvalue weighted by atomic mass is 10.1. The predicted molar refractivity (Wildman–Crippen MR) is 91.3 cm³/mol. The second-order valence-electron chi connectivity index (χ2n) is 5.71. The summed E-state index contributed by atoms with van der Waals surface area (Å²) in [4.78, 5) is 25.5. The number of benzene rings is 1. The summed E-state index contributed by atoms with van der Waals surface area (Å²) in [6.45, 7) is 9.83. The number of carbonyl (C=O) groups is 2. The number of nitrogens with zero attached hydrogens (tertiary/aromatic N) is 1. The van der Waals surface area contributed by atoms with E-state index in [9.17, 15) is 9.59 Å². The molecule has 22 heavy (non-hydrogen) atoms. The van der Waals surface area contributed by atoms with E-state index >= 15 is 0 Å². The smallest absolute Gasteiger partial charge is 0.226 e. The van der Waals surface area contributed by atoms with Crippen molar-refractivity contribution >= 4 is 29.1 Å². The number of aryl methyl sites for hydroxylation is 2. The van der Waals surface area contributed by atoms with E-state index in [1.54, 1.807) is 4.90 Å². The van der Waals surface area contributed by atoms with Gasteiger partial charge in [-0.3, -0.25) is 9.59 Å². The summed E-state index contributed by atoms with van der Waals surface area (Å²) < 4.78 is 0. The quantitative estimate of drug-likeness (QED) is 0.861. The maximum atomic E-state index is 12.1. The first-order valence-electron chi connectivity index (χ1n) is 7.60. The van der Waals surface area contributed by atoms with Crippen molar-refractivity contribution in [1.29, 1.82) is 0 Å². The third-order valence-corrected chi connectivity index (χ3v) is 4.10. The van der Waals surface area contributed by atoms with Gasteiger partial charge in [-0.15, -0.1) is 0 Å². The summed E-state index contributed by atoms with van der Waals surface area (Å²) in [6, 6.07) is 3.93. The summed E-state index contributed by atoms with van der Waals surface area (Å²) in [5, 5.41) is 3.39. The Labute approximate surface area is 137 Å². The van der Waals surface area contributed by atoms with E-state index in [4.69, 9.17) is 11.6 Å². The van der Waals surface area contributed by atoms with Gasteiger partial charge < -0.3 is 10.2 Å². The Balaban J connectivity index is 2.69. The maximum Gasteiger partial charge on any atom is 0.226 e. The molecule has 122 valence electrons. The van der Waals surface area contributed by atoms with Crippen molar-refractivity contribution in [2.24, 2.45) is 0 Å². The van der Waals surface area contributed by atoms with Crippen molar-refractivity contribution in [2.75, 3.05) is 11.9 Å². The largest absolute Gasteiger partial charge is 0.340 e. The van der Waals surface area contributed by atoms with Crippen LogP contribution in [0.3, 0.4) is 0 Å². The first-order valence-corrected chi connectivity index (χ1v) is 7.97. The van der Waals surface area contributed by atoms with Gasteiger partial charge in [-0.2, -0.15) is 0 Å². The van der Waals surface area contributed by atoms with E-state index in [1.165, 1.54) is 6.92 Å². The van der Waals surface area contributed by atoms with Crippen LogP contribution >= 0.6 is 11.6 Å². The van der Waals surface area contributed by atoms with Crippen molar-refractivity contribution in [3.05, 3.63) is 28.3 Å². The molecule has 0 spiro atoms. The predicted octanol–water partition coefficient (Wildman–Crippen LogP) is 3.93. The second-order valence-corrected chi connectivity index (χ2v) is 6.11. The topological polar surface area (TPSA) is 49.4 Å². The van der Waals surface area contributed by atoms with Gasteiger partial charge in [0, 0.05) is 25.9 Å². The lowest BCUT2D eigenvalue weighted by molar-refractivity contribution is -0.131. The van der Waals surface area contributed by atoms with E-state index in [0.717, 1.165) is 17.5 Å². The molecular formula is C17H25ClN2O2. The molecule has 1 unspecified atom stereocenters. The zero-order valence-electron chi connectivity index (χ0n) is 14.0.